The summed E-state index contributed by atoms with van der Waals surface area (Å²) in [5, 5.41) is 7.55. The van der Waals surface area contributed by atoms with E-state index in [9.17, 15) is 4.79 Å². The van der Waals surface area contributed by atoms with Crippen LogP contribution in [-0.2, 0) is 17.3 Å². The van der Waals surface area contributed by atoms with Gasteiger partial charge in [-0.3, -0.25) is 14.5 Å². The van der Waals surface area contributed by atoms with Gasteiger partial charge in [-0.05, 0) is 37.5 Å². The standard InChI is InChI=1S/C22H30N6O2.HI/c1-4-23-21(24-16-22(9-10-22)17-5-7-19(30-3)8-6-17)27-11-12-28(20(29)15-27)18-13-25-26(2)14-18;/h5-8,13-14H,4,9-12,15-16H2,1-3H3,(H,23,24);1H. The number of anilines is 1. The van der Waals surface area contributed by atoms with E-state index in [1.807, 2.05) is 25.4 Å². The molecule has 2 heterocycles. The maximum absolute atomic E-state index is 12.8. The highest BCUT2D eigenvalue weighted by Gasteiger charge is 2.44. The van der Waals surface area contributed by atoms with Crippen molar-refractivity contribution in [3.8, 4) is 5.75 Å². The van der Waals surface area contributed by atoms with E-state index in [0.29, 0.717) is 13.1 Å². The zero-order chi connectivity index (χ0) is 21.1. The number of aromatic nitrogens is 2. The van der Waals surface area contributed by atoms with Gasteiger partial charge in [0.15, 0.2) is 5.96 Å². The summed E-state index contributed by atoms with van der Waals surface area (Å²) in [5.74, 6) is 1.75. The predicted molar refractivity (Wildman–Crippen MR) is 132 cm³/mol. The van der Waals surface area contributed by atoms with Crippen LogP contribution in [0.25, 0.3) is 0 Å². The number of aryl methyl sites for hydroxylation is 1. The highest BCUT2D eigenvalue weighted by atomic mass is 127. The first-order valence-corrected chi connectivity index (χ1v) is 10.5. The fourth-order valence-electron chi connectivity index (χ4n) is 3.96. The number of guanidine groups is 1. The molecule has 4 rings (SSSR count). The summed E-state index contributed by atoms with van der Waals surface area (Å²) in [6.07, 6.45) is 5.88. The number of aliphatic imine (C=N–C) groups is 1. The van der Waals surface area contributed by atoms with Gasteiger partial charge in [0.05, 0.1) is 25.5 Å². The largest absolute Gasteiger partial charge is 0.497 e. The van der Waals surface area contributed by atoms with E-state index in [-0.39, 0.29) is 35.3 Å². The summed E-state index contributed by atoms with van der Waals surface area (Å²) >= 11 is 0. The molecule has 0 unspecified atom stereocenters. The third-order valence-electron chi connectivity index (χ3n) is 5.95. The maximum atomic E-state index is 12.8. The number of nitrogens with zero attached hydrogens (tertiary/aromatic N) is 5. The van der Waals surface area contributed by atoms with Crippen LogP contribution in [0.5, 0.6) is 5.75 Å². The first kappa shape index (κ1) is 23.4. The van der Waals surface area contributed by atoms with E-state index in [2.05, 4.69) is 34.4 Å². The normalized spacial score (nSPS) is 17.9. The van der Waals surface area contributed by atoms with Crippen LogP contribution in [0.2, 0.25) is 0 Å². The summed E-state index contributed by atoms with van der Waals surface area (Å²) in [6, 6.07) is 8.32. The topological polar surface area (TPSA) is 75.0 Å². The van der Waals surface area contributed by atoms with Crippen molar-refractivity contribution in [3.05, 3.63) is 42.2 Å². The van der Waals surface area contributed by atoms with Gasteiger partial charge in [0.1, 0.15) is 12.3 Å². The molecule has 1 aromatic heterocycles. The van der Waals surface area contributed by atoms with Crippen LogP contribution >= 0.6 is 24.0 Å². The second-order valence-corrected chi connectivity index (χ2v) is 8.02. The maximum Gasteiger partial charge on any atom is 0.246 e. The van der Waals surface area contributed by atoms with E-state index < -0.39 is 0 Å². The Labute approximate surface area is 200 Å². The van der Waals surface area contributed by atoms with Crippen LogP contribution in [0, 0.1) is 0 Å². The molecule has 8 nitrogen and oxygen atoms in total. The van der Waals surface area contributed by atoms with Crippen LogP contribution in [0.4, 0.5) is 5.69 Å². The Morgan fingerprint density at radius 3 is 2.55 bits per heavy atom. The molecule has 9 heteroatoms. The lowest BCUT2D eigenvalue weighted by Gasteiger charge is -2.35. The number of rotatable bonds is 6. The Balaban J connectivity index is 0.00000272. The molecule has 31 heavy (non-hydrogen) atoms. The van der Waals surface area contributed by atoms with E-state index in [4.69, 9.17) is 9.73 Å². The lowest BCUT2D eigenvalue weighted by atomic mass is 9.96. The van der Waals surface area contributed by atoms with Crippen molar-refractivity contribution >= 4 is 41.5 Å². The molecule has 2 fully saturated rings. The smallest absolute Gasteiger partial charge is 0.246 e. The van der Waals surface area contributed by atoms with Crippen molar-refractivity contribution in [1.29, 1.82) is 0 Å². The molecule has 0 spiro atoms. The molecule has 1 saturated heterocycles. The molecule has 1 aliphatic heterocycles. The van der Waals surface area contributed by atoms with Crippen LogP contribution in [-0.4, -0.2) is 66.4 Å². The molecule has 1 aliphatic carbocycles. The molecule has 1 aromatic carbocycles. The molecular formula is C22H31IN6O2. The number of benzene rings is 1. The molecule has 2 aliphatic rings. The summed E-state index contributed by atoms with van der Waals surface area (Å²) < 4.78 is 7.00. The quantitative estimate of drug-likeness (QED) is 0.348. The molecule has 0 radical (unpaired) electrons. The van der Waals surface area contributed by atoms with Crippen molar-refractivity contribution < 1.29 is 9.53 Å². The van der Waals surface area contributed by atoms with Gasteiger partial charge in [-0.1, -0.05) is 12.1 Å². The molecule has 1 N–H and O–H groups in total. The van der Waals surface area contributed by atoms with E-state index in [1.165, 1.54) is 5.56 Å². The Kier molecular flexibility index (Phi) is 7.45. The Bertz CT molecular complexity index is 922. The molecule has 2 aromatic rings. The predicted octanol–water partition coefficient (Wildman–Crippen LogP) is 2.39. The monoisotopic (exact) mass is 538 g/mol. The second kappa shape index (κ2) is 9.88. The fourth-order valence-corrected chi connectivity index (χ4v) is 3.96. The van der Waals surface area contributed by atoms with Crippen molar-refractivity contribution in [2.24, 2.45) is 12.0 Å². The minimum atomic E-state index is 0. The van der Waals surface area contributed by atoms with Crippen molar-refractivity contribution in [1.82, 2.24) is 20.0 Å². The van der Waals surface area contributed by atoms with Gasteiger partial charge in [0.25, 0.3) is 0 Å². The molecule has 1 amide bonds. The lowest BCUT2D eigenvalue weighted by Crippen LogP contribution is -2.55. The summed E-state index contributed by atoms with van der Waals surface area (Å²) in [7, 11) is 3.54. The average Bonchev–Trinajstić information content (AvgIpc) is 3.44. The van der Waals surface area contributed by atoms with Crippen molar-refractivity contribution in [3.63, 3.8) is 0 Å². The number of amides is 1. The molecule has 168 valence electrons. The minimum Gasteiger partial charge on any atom is -0.497 e. The SMILES string of the molecule is CCNC(=NCC1(c2ccc(OC)cc2)CC1)N1CCN(c2cnn(C)c2)C(=O)C1.I. The minimum absolute atomic E-state index is 0. The number of carbonyl (C=O) groups excluding carboxylic acids is 1. The van der Waals surface area contributed by atoms with Gasteiger partial charge in [-0.25, -0.2) is 0 Å². The van der Waals surface area contributed by atoms with Crippen molar-refractivity contribution in [2.75, 3.05) is 44.7 Å². The third-order valence-corrected chi connectivity index (χ3v) is 5.95. The average molecular weight is 538 g/mol. The van der Waals surface area contributed by atoms with Gasteiger partial charge in [0.2, 0.25) is 5.91 Å². The number of halogens is 1. The summed E-state index contributed by atoms with van der Waals surface area (Å²) in [6.45, 7) is 5.22. The Morgan fingerprint density at radius 2 is 2.00 bits per heavy atom. The van der Waals surface area contributed by atoms with Crippen LogP contribution < -0.4 is 15.0 Å². The Hall–Kier alpha value is -2.30. The highest BCUT2D eigenvalue weighted by Crippen LogP contribution is 2.48. The van der Waals surface area contributed by atoms with Crippen LogP contribution in [0.15, 0.2) is 41.7 Å². The fraction of sp³-hybridized carbons (Fsp3) is 0.500. The van der Waals surface area contributed by atoms with Crippen LogP contribution in [0.1, 0.15) is 25.3 Å². The molecular weight excluding hydrogens is 507 g/mol. The van der Waals surface area contributed by atoms with Gasteiger partial charge in [0, 0.05) is 38.3 Å². The van der Waals surface area contributed by atoms with Gasteiger partial charge >= 0.3 is 0 Å². The number of methoxy groups -OCH3 is 1. The number of nitrogens with one attached hydrogen (secondary N) is 1. The third kappa shape index (κ3) is 5.13. The number of piperazine rings is 1. The first-order valence-electron chi connectivity index (χ1n) is 10.5. The van der Waals surface area contributed by atoms with E-state index in [1.54, 1.807) is 22.9 Å². The molecule has 0 bridgehead atoms. The van der Waals surface area contributed by atoms with Gasteiger partial charge < -0.3 is 19.9 Å². The summed E-state index contributed by atoms with van der Waals surface area (Å²) in [5.41, 5.74) is 2.26. The van der Waals surface area contributed by atoms with Crippen molar-refractivity contribution in [2.45, 2.75) is 25.2 Å². The second-order valence-electron chi connectivity index (χ2n) is 8.02. The van der Waals surface area contributed by atoms with Gasteiger partial charge in [-0.2, -0.15) is 5.10 Å². The van der Waals surface area contributed by atoms with Gasteiger partial charge in [-0.15, -0.1) is 24.0 Å². The number of ether oxygens (including phenoxy) is 1. The highest BCUT2D eigenvalue weighted by molar-refractivity contribution is 14.0. The molecule has 1 saturated carbocycles. The zero-order valence-electron chi connectivity index (χ0n) is 18.4. The molecule has 0 atom stereocenters. The number of hydrogen-bond acceptors (Lipinski definition) is 4. The number of carbonyl (C=O) groups is 1. The number of hydrogen-bond donors (Lipinski definition) is 1. The summed E-state index contributed by atoms with van der Waals surface area (Å²) in [4.78, 5) is 21.6. The lowest BCUT2D eigenvalue weighted by molar-refractivity contribution is -0.120. The van der Waals surface area contributed by atoms with Crippen LogP contribution in [0.3, 0.4) is 0 Å². The Morgan fingerprint density at radius 1 is 1.26 bits per heavy atom. The zero-order valence-corrected chi connectivity index (χ0v) is 20.7. The first-order chi connectivity index (χ1) is 14.5. The van der Waals surface area contributed by atoms with E-state index >= 15 is 0 Å². The van der Waals surface area contributed by atoms with E-state index in [0.717, 1.165) is 49.9 Å².